The highest BCUT2D eigenvalue weighted by atomic mass is 16.5. The Labute approximate surface area is 125 Å². The molecule has 0 aromatic heterocycles. The highest BCUT2D eigenvalue weighted by molar-refractivity contribution is 5.38. The number of benzene rings is 2. The van der Waals surface area contributed by atoms with Crippen molar-refractivity contribution in [2.24, 2.45) is 11.8 Å². The fraction of sp³-hybridized carbons (Fsp3) is 0.368. The molecule has 1 heterocycles. The van der Waals surface area contributed by atoms with Crippen LogP contribution < -0.4 is 0 Å². The van der Waals surface area contributed by atoms with Gasteiger partial charge in [0.25, 0.3) is 0 Å². The second-order valence-electron chi connectivity index (χ2n) is 6.24. The van der Waals surface area contributed by atoms with E-state index in [-0.39, 0.29) is 12.0 Å². The molecule has 108 valence electrons. The molecule has 1 unspecified atom stereocenters. The molecule has 4 rings (SSSR count). The number of ether oxygens (including phenoxy) is 1. The van der Waals surface area contributed by atoms with Gasteiger partial charge in [-0.3, -0.25) is 0 Å². The van der Waals surface area contributed by atoms with Crippen molar-refractivity contribution in [3.63, 3.8) is 0 Å². The van der Waals surface area contributed by atoms with Crippen molar-refractivity contribution in [3.05, 3.63) is 71.3 Å². The minimum Gasteiger partial charge on any atom is -0.388 e. The summed E-state index contributed by atoms with van der Waals surface area (Å²) in [4.78, 5) is 0. The zero-order valence-electron chi connectivity index (χ0n) is 12.0. The third-order valence-electron chi connectivity index (χ3n) is 5.11. The van der Waals surface area contributed by atoms with Crippen molar-refractivity contribution in [1.82, 2.24) is 0 Å². The van der Waals surface area contributed by atoms with Crippen LogP contribution in [-0.4, -0.2) is 18.3 Å². The van der Waals surface area contributed by atoms with Gasteiger partial charge < -0.3 is 9.84 Å². The van der Waals surface area contributed by atoms with Gasteiger partial charge in [0, 0.05) is 5.92 Å². The van der Waals surface area contributed by atoms with Gasteiger partial charge in [-0.15, -0.1) is 0 Å². The summed E-state index contributed by atoms with van der Waals surface area (Å²) in [6, 6.07) is 19.0. The molecular weight excluding hydrogens is 260 g/mol. The average Bonchev–Trinajstić information content (AvgIpc) is 3.02. The molecule has 2 aromatic carbocycles. The molecule has 0 spiro atoms. The largest absolute Gasteiger partial charge is 0.388 e. The minimum atomic E-state index is -0.374. The van der Waals surface area contributed by atoms with Crippen LogP contribution in [0.1, 0.15) is 28.7 Å². The molecule has 1 aliphatic carbocycles. The summed E-state index contributed by atoms with van der Waals surface area (Å²) in [6.45, 7) is 1.46. The second kappa shape index (κ2) is 5.28. The molecule has 0 amide bonds. The Morgan fingerprint density at radius 2 is 1.52 bits per heavy atom. The van der Waals surface area contributed by atoms with E-state index in [0.29, 0.717) is 18.4 Å². The fourth-order valence-electron chi connectivity index (χ4n) is 4.04. The van der Waals surface area contributed by atoms with Crippen LogP contribution in [0.4, 0.5) is 0 Å². The van der Waals surface area contributed by atoms with Crippen LogP contribution in [0.15, 0.2) is 54.6 Å². The van der Waals surface area contributed by atoms with Crippen LogP contribution in [0.3, 0.4) is 0 Å². The van der Waals surface area contributed by atoms with Crippen LogP contribution in [-0.2, 0) is 11.2 Å². The molecule has 1 saturated heterocycles. The molecule has 0 radical (unpaired) electrons. The van der Waals surface area contributed by atoms with Crippen LogP contribution in [0.2, 0.25) is 0 Å². The van der Waals surface area contributed by atoms with Crippen LogP contribution in [0.25, 0.3) is 0 Å². The van der Waals surface area contributed by atoms with E-state index >= 15 is 0 Å². The van der Waals surface area contributed by atoms with Gasteiger partial charge in [-0.25, -0.2) is 0 Å². The Morgan fingerprint density at radius 1 is 0.857 bits per heavy atom. The lowest BCUT2D eigenvalue weighted by molar-refractivity contribution is 0.0653. The van der Waals surface area contributed by atoms with Gasteiger partial charge in [0.15, 0.2) is 0 Å². The summed E-state index contributed by atoms with van der Waals surface area (Å²) < 4.78 is 5.70. The highest BCUT2D eigenvalue weighted by Crippen LogP contribution is 2.49. The Morgan fingerprint density at radius 3 is 2.33 bits per heavy atom. The van der Waals surface area contributed by atoms with E-state index in [2.05, 4.69) is 48.5 Å². The lowest BCUT2D eigenvalue weighted by Gasteiger charge is -2.38. The normalized spacial score (nSPS) is 30.7. The lowest BCUT2D eigenvalue weighted by Crippen LogP contribution is -2.33. The smallest absolute Gasteiger partial charge is 0.0846 e. The maximum Gasteiger partial charge on any atom is 0.0846 e. The standard InChI is InChI=1S/C19H20O2/c20-19-15-9-5-4-8-14(15)16(17-11-21-12-18(17)19)10-13-6-2-1-3-7-13/h1-9,16-20H,10-12H2/t16?,17-,18-,19-/m0/s1. The first-order valence-electron chi connectivity index (χ1n) is 7.73. The molecule has 1 N–H and O–H groups in total. The first-order valence-corrected chi connectivity index (χ1v) is 7.73. The molecule has 2 aromatic rings. The van der Waals surface area contributed by atoms with Crippen molar-refractivity contribution in [2.75, 3.05) is 13.2 Å². The van der Waals surface area contributed by atoms with E-state index in [1.807, 2.05) is 6.07 Å². The molecule has 1 fully saturated rings. The molecule has 4 atom stereocenters. The van der Waals surface area contributed by atoms with Gasteiger partial charge >= 0.3 is 0 Å². The molecule has 2 aliphatic rings. The molecule has 2 heteroatoms. The number of aliphatic hydroxyl groups is 1. The lowest BCUT2D eigenvalue weighted by atomic mass is 9.67. The second-order valence-corrected chi connectivity index (χ2v) is 6.24. The number of rotatable bonds is 2. The monoisotopic (exact) mass is 280 g/mol. The summed E-state index contributed by atoms with van der Waals surface area (Å²) in [5.41, 5.74) is 3.77. The molecule has 2 nitrogen and oxygen atoms in total. The summed E-state index contributed by atoms with van der Waals surface area (Å²) in [5.74, 6) is 1.11. The Kier molecular flexibility index (Phi) is 3.28. The maximum absolute atomic E-state index is 10.6. The number of aliphatic hydroxyl groups excluding tert-OH is 1. The molecule has 1 aliphatic heterocycles. The number of fused-ring (bicyclic) bond motifs is 2. The van der Waals surface area contributed by atoms with Gasteiger partial charge in [0.05, 0.1) is 19.3 Å². The maximum atomic E-state index is 10.6. The molecule has 0 bridgehead atoms. The SMILES string of the molecule is O[C@H]1c2ccccc2C(Cc2ccccc2)[C@@H]2COC[C@H]12. The zero-order chi connectivity index (χ0) is 14.2. The van der Waals surface area contributed by atoms with E-state index in [0.717, 1.165) is 18.6 Å². The first-order chi connectivity index (χ1) is 10.3. The third kappa shape index (κ3) is 2.19. The topological polar surface area (TPSA) is 29.5 Å². The van der Waals surface area contributed by atoms with Crippen molar-refractivity contribution in [2.45, 2.75) is 18.4 Å². The summed E-state index contributed by atoms with van der Waals surface area (Å²) in [6.07, 6.45) is 0.649. The Balaban J connectivity index is 1.75. The summed E-state index contributed by atoms with van der Waals surface area (Å²) in [7, 11) is 0. The molecule has 0 saturated carbocycles. The molecule has 21 heavy (non-hydrogen) atoms. The average molecular weight is 280 g/mol. The van der Waals surface area contributed by atoms with E-state index in [1.54, 1.807) is 0 Å². The van der Waals surface area contributed by atoms with Crippen LogP contribution in [0.5, 0.6) is 0 Å². The Bertz CT molecular complexity index is 622. The summed E-state index contributed by atoms with van der Waals surface area (Å²) in [5, 5.41) is 10.6. The van der Waals surface area contributed by atoms with E-state index in [4.69, 9.17) is 4.74 Å². The van der Waals surface area contributed by atoms with Gasteiger partial charge in [0.1, 0.15) is 0 Å². The third-order valence-corrected chi connectivity index (χ3v) is 5.11. The predicted octanol–water partition coefficient (Wildman–Crippen LogP) is 3.32. The fourth-order valence-corrected chi connectivity index (χ4v) is 4.04. The highest BCUT2D eigenvalue weighted by Gasteiger charge is 2.44. The van der Waals surface area contributed by atoms with Gasteiger partial charge in [0.2, 0.25) is 0 Å². The quantitative estimate of drug-likeness (QED) is 0.914. The minimum absolute atomic E-state index is 0.244. The van der Waals surface area contributed by atoms with Crippen molar-refractivity contribution in [3.8, 4) is 0 Å². The van der Waals surface area contributed by atoms with Crippen molar-refractivity contribution >= 4 is 0 Å². The zero-order valence-corrected chi connectivity index (χ0v) is 12.0. The van der Waals surface area contributed by atoms with Gasteiger partial charge in [-0.05, 0) is 34.9 Å². The Hall–Kier alpha value is -1.64. The predicted molar refractivity (Wildman–Crippen MR) is 82.1 cm³/mol. The molecular formula is C19H20O2. The van der Waals surface area contributed by atoms with Crippen LogP contribution in [0, 0.1) is 11.8 Å². The van der Waals surface area contributed by atoms with E-state index < -0.39 is 0 Å². The van der Waals surface area contributed by atoms with E-state index in [9.17, 15) is 5.11 Å². The van der Waals surface area contributed by atoms with Crippen LogP contribution >= 0.6 is 0 Å². The number of hydrogen-bond donors (Lipinski definition) is 1. The summed E-state index contributed by atoms with van der Waals surface area (Å²) >= 11 is 0. The number of hydrogen-bond acceptors (Lipinski definition) is 2. The first kappa shape index (κ1) is 13.1. The van der Waals surface area contributed by atoms with Crippen molar-refractivity contribution in [1.29, 1.82) is 0 Å². The van der Waals surface area contributed by atoms with Gasteiger partial charge in [-0.1, -0.05) is 54.6 Å². The van der Waals surface area contributed by atoms with Gasteiger partial charge in [-0.2, -0.15) is 0 Å². The van der Waals surface area contributed by atoms with Crippen molar-refractivity contribution < 1.29 is 9.84 Å². The van der Waals surface area contributed by atoms with E-state index in [1.165, 1.54) is 11.1 Å².